The molecule has 2 saturated heterocycles. The summed E-state index contributed by atoms with van der Waals surface area (Å²) in [5.74, 6) is 3.03. The van der Waals surface area contributed by atoms with Crippen LogP contribution in [0.1, 0.15) is 61.3 Å². The van der Waals surface area contributed by atoms with E-state index in [4.69, 9.17) is 4.74 Å². The first-order valence-corrected chi connectivity index (χ1v) is 9.99. The summed E-state index contributed by atoms with van der Waals surface area (Å²) in [7, 11) is 4.42. The molecular formula is C20H44N2O. The maximum absolute atomic E-state index is 5.21. The van der Waals surface area contributed by atoms with Gasteiger partial charge < -0.3 is 9.64 Å². The van der Waals surface area contributed by atoms with Crippen LogP contribution < -0.4 is 0 Å². The van der Waals surface area contributed by atoms with E-state index in [1.54, 1.807) is 0 Å². The van der Waals surface area contributed by atoms with Gasteiger partial charge in [0.1, 0.15) is 0 Å². The number of fused-ring (bicyclic) bond motifs is 1. The quantitative estimate of drug-likeness (QED) is 0.711. The van der Waals surface area contributed by atoms with E-state index in [0.717, 1.165) is 43.6 Å². The maximum Gasteiger partial charge on any atom is 0.0619 e. The van der Waals surface area contributed by atoms with E-state index in [-0.39, 0.29) is 0 Å². The zero-order valence-electron chi connectivity index (χ0n) is 17.4. The Labute approximate surface area is 146 Å². The fourth-order valence-corrected chi connectivity index (χ4v) is 3.68. The topological polar surface area (TPSA) is 15.7 Å². The molecule has 3 aliphatic rings. The van der Waals surface area contributed by atoms with Crippen LogP contribution in [-0.4, -0.2) is 62.3 Å². The summed E-state index contributed by atoms with van der Waals surface area (Å²) in [6.45, 7) is 19.1. The van der Waals surface area contributed by atoms with Gasteiger partial charge in [0.25, 0.3) is 0 Å². The highest BCUT2D eigenvalue weighted by atomic mass is 16.5. The molecule has 1 aliphatic carbocycles. The number of likely N-dealkylation sites (N-methyl/N-ethyl adjacent to an activating group) is 1. The van der Waals surface area contributed by atoms with Crippen LogP contribution in [0.3, 0.4) is 0 Å². The van der Waals surface area contributed by atoms with Gasteiger partial charge in [-0.15, -0.1) is 0 Å². The predicted molar refractivity (Wildman–Crippen MR) is 103 cm³/mol. The highest BCUT2D eigenvalue weighted by Crippen LogP contribution is 2.50. The fraction of sp³-hybridized carbons (Fsp3) is 1.00. The van der Waals surface area contributed by atoms with Gasteiger partial charge in [-0.3, -0.25) is 4.90 Å². The lowest BCUT2D eigenvalue weighted by Gasteiger charge is -2.35. The first-order chi connectivity index (χ1) is 11.0. The third-order valence-electron chi connectivity index (χ3n) is 5.16. The van der Waals surface area contributed by atoms with E-state index >= 15 is 0 Å². The number of morpholine rings is 1. The van der Waals surface area contributed by atoms with Crippen molar-refractivity contribution in [2.24, 2.45) is 17.8 Å². The minimum absolute atomic E-state index is 0.615. The Morgan fingerprint density at radius 3 is 1.96 bits per heavy atom. The molecule has 4 unspecified atom stereocenters. The van der Waals surface area contributed by atoms with Crippen LogP contribution in [0, 0.1) is 17.8 Å². The zero-order valence-corrected chi connectivity index (χ0v) is 17.4. The molecule has 3 nitrogen and oxygen atoms in total. The van der Waals surface area contributed by atoms with Crippen molar-refractivity contribution in [2.75, 3.05) is 40.4 Å². The first-order valence-electron chi connectivity index (χ1n) is 9.99. The van der Waals surface area contributed by atoms with Gasteiger partial charge in [0.15, 0.2) is 0 Å². The van der Waals surface area contributed by atoms with E-state index in [9.17, 15) is 0 Å². The molecule has 0 N–H and O–H groups in total. The highest BCUT2D eigenvalue weighted by molar-refractivity contribution is 5.00. The van der Waals surface area contributed by atoms with E-state index in [1.165, 1.54) is 19.4 Å². The summed E-state index contributed by atoms with van der Waals surface area (Å²) in [6.07, 6.45) is 2.98. The Morgan fingerprint density at radius 1 is 0.957 bits per heavy atom. The second kappa shape index (κ2) is 12.3. The largest absolute Gasteiger partial charge is 0.379 e. The van der Waals surface area contributed by atoms with Crippen LogP contribution in [0.5, 0.6) is 0 Å². The Hall–Kier alpha value is -0.120. The lowest BCUT2D eigenvalue weighted by molar-refractivity contribution is 0.0131. The van der Waals surface area contributed by atoms with Crippen molar-refractivity contribution in [2.45, 2.75) is 73.4 Å². The minimum Gasteiger partial charge on any atom is -0.379 e. The second-order valence-corrected chi connectivity index (χ2v) is 7.07. The molecule has 0 bridgehead atoms. The number of hydrogen-bond acceptors (Lipinski definition) is 3. The monoisotopic (exact) mass is 328 g/mol. The van der Waals surface area contributed by atoms with Gasteiger partial charge in [-0.05, 0) is 58.2 Å². The van der Waals surface area contributed by atoms with Crippen molar-refractivity contribution in [3.8, 4) is 0 Å². The molecule has 0 radical (unpaired) electrons. The molecule has 140 valence electrons. The van der Waals surface area contributed by atoms with Crippen LogP contribution in [-0.2, 0) is 4.74 Å². The average molecular weight is 329 g/mol. The number of nitrogens with zero attached hydrogens (tertiary/aromatic N) is 2. The van der Waals surface area contributed by atoms with E-state index in [1.807, 2.05) is 27.7 Å². The van der Waals surface area contributed by atoms with Crippen LogP contribution in [0.25, 0.3) is 0 Å². The summed E-state index contributed by atoms with van der Waals surface area (Å²) >= 11 is 0. The third-order valence-corrected chi connectivity index (χ3v) is 5.16. The van der Waals surface area contributed by atoms with Crippen LogP contribution >= 0.6 is 0 Å². The van der Waals surface area contributed by atoms with Gasteiger partial charge in [-0.25, -0.2) is 0 Å². The Balaban J connectivity index is 0.000000358. The van der Waals surface area contributed by atoms with Gasteiger partial charge in [-0.1, -0.05) is 41.5 Å². The molecule has 23 heavy (non-hydrogen) atoms. The smallest absolute Gasteiger partial charge is 0.0619 e. The molecule has 0 amide bonds. The number of likely N-dealkylation sites (tertiary alicyclic amines) is 1. The lowest BCUT2D eigenvalue weighted by atomic mass is 9.93. The average Bonchev–Trinajstić information content (AvgIpc) is 3.33. The molecule has 0 aromatic carbocycles. The van der Waals surface area contributed by atoms with Gasteiger partial charge in [0.05, 0.1) is 13.2 Å². The number of rotatable bonds is 1. The van der Waals surface area contributed by atoms with Gasteiger partial charge in [0, 0.05) is 18.6 Å². The summed E-state index contributed by atoms with van der Waals surface area (Å²) < 4.78 is 5.21. The minimum atomic E-state index is 0.615. The van der Waals surface area contributed by atoms with Crippen molar-refractivity contribution >= 4 is 0 Å². The molecular weight excluding hydrogens is 284 g/mol. The van der Waals surface area contributed by atoms with Crippen molar-refractivity contribution < 1.29 is 4.74 Å². The highest BCUT2D eigenvalue weighted by Gasteiger charge is 2.48. The molecule has 2 heterocycles. The van der Waals surface area contributed by atoms with Crippen molar-refractivity contribution in [1.29, 1.82) is 0 Å². The Bertz CT molecular complexity index is 271. The van der Waals surface area contributed by atoms with E-state index in [2.05, 4.69) is 44.7 Å². The summed E-state index contributed by atoms with van der Waals surface area (Å²) in [6, 6.07) is 1.51. The van der Waals surface area contributed by atoms with E-state index in [0.29, 0.717) is 6.04 Å². The van der Waals surface area contributed by atoms with Crippen LogP contribution in [0.15, 0.2) is 0 Å². The third kappa shape index (κ3) is 7.53. The summed E-state index contributed by atoms with van der Waals surface area (Å²) in [5.41, 5.74) is 0. The second-order valence-electron chi connectivity index (χ2n) is 7.07. The zero-order chi connectivity index (χ0) is 18.0. The molecule has 3 fully saturated rings. The lowest BCUT2D eigenvalue weighted by Crippen LogP contribution is -2.41. The predicted octanol–water partition coefficient (Wildman–Crippen LogP) is 4.37. The molecule has 3 rings (SSSR count). The summed E-state index contributed by atoms with van der Waals surface area (Å²) in [5, 5.41) is 0. The van der Waals surface area contributed by atoms with Gasteiger partial charge in [-0.2, -0.15) is 0 Å². The molecule has 3 heteroatoms. The van der Waals surface area contributed by atoms with E-state index < -0.39 is 0 Å². The normalized spacial score (nSPS) is 33.1. The van der Waals surface area contributed by atoms with Crippen LogP contribution in [0.2, 0.25) is 0 Å². The summed E-state index contributed by atoms with van der Waals surface area (Å²) in [4.78, 5) is 4.88. The van der Waals surface area contributed by atoms with Gasteiger partial charge in [0.2, 0.25) is 0 Å². The molecule has 0 aromatic heterocycles. The molecule has 0 spiro atoms. The molecule has 2 aliphatic heterocycles. The molecule has 1 saturated carbocycles. The standard InChI is InChI=1S/C10H19N.C6H13NO.2C2H6/c1-7(2)10-9-6-8(9)4-5-11(10)3;1-6-5-8-4-3-7(6)2;2*1-2/h7-10H,4-6H2,1-3H3;6H,3-5H2,1-2H3;2*1-2H3. The molecule has 0 aromatic rings. The van der Waals surface area contributed by atoms with Crippen molar-refractivity contribution in [1.82, 2.24) is 9.80 Å². The SMILES string of the molecule is CC.CC.CC(C)C1C2CC2CCN1C.CC1COCCN1C. The van der Waals surface area contributed by atoms with Crippen molar-refractivity contribution in [3.63, 3.8) is 0 Å². The number of ether oxygens (including phenoxy) is 1. The number of piperidine rings is 1. The van der Waals surface area contributed by atoms with Gasteiger partial charge >= 0.3 is 0 Å². The maximum atomic E-state index is 5.21. The Morgan fingerprint density at radius 2 is 1.57 bits per heavy atom. The fourth-order valence-electron chi connectivity index (χ4n) is 3.68. The first kappa shape index (κ1) is 22.9. The Kier molecular flexibility index (Phi) is 12.2. The van der Waals surface area contributed by atoms with Crippen LogP contribution in [0.4, 0.5) is 0 Å². The molecule has 4 atom stereocenters. The van der Waals surface area contributed by atoms with Crippen molar-refractivity contribution in [3.05, 3.63) is 0 Å². The number of hydrogen-bond donors (Lipinski definition) is 0.